The number of carbonyl (C=O) groups excluding carboxylic acids is 4. The van der Waals surface area contributed by atoms with E-state index in [1.54, 1.807) is 0 Å². The second kappa shape index (κ2) is 59.8. The van der Waals surface area contributed by atoms with Crippen molar-refractivity contribution < 1.29 is 80.2 Å². The lowest BCUT2D eigenvalue weighted by atomic mass is 10.0. The second-order valence-electron chi connectivity index (χ2n) is 27.2. The van der Waals surface area contributed by atoms with Crippen LogP contribution in [0.15, 0.2) is 0 Å². The summed E-state index contributed by atoms with van der Waals surface area (Å²) in [6.45, 7) is 14.0. The van der Waals surface area contributed by atoms with Crippen LogP contribution < -0.4 is 0 Å². The largest absolute Gasteiger partial charge is 0.472 e. The topological polar surface area (TPSA) is 237 Å². The lowest BCUT2D eigenvalue weighted by molar-refractivity contribution is -0.161. The third-order valence-electron chi connectivity index (χ3n) is 16.1. The van der Waals surface area contributed by atoms with E-state index in [-0.39, 0.29) is 25.7 Å². The van der Waals surface area contributed by atoms with Gasteiger partial charge in [0.2, 0.25) is 0 Å². The van der Waals surface area contributed by atoms with Crippen molar-refractivity contribution in [2.24, 2.45) is 23.7 Å². The molecule has 0 amide bonds. The summed E-state index contributed by atoms with van der Waals surface area (Å²) in [7, 11) is -9.90. The number of phosphoric ester groups is 2. The van der Waals surface area contributed by atoms with Crippen molar-refractivity contribution in [1.82, 2.24) is 0 Å². The van der Waals surface area contributed by atoms with E-state index in [4.69, 9.17) is 37.0 Å². The number of hydrogen-bond acceptors (Lipinski definition) is 15. The lowest BCUT2D eigenvalue weighted by Crippen LogP contribution is -2.30. The molecule has 0 aliphatic heterocycles. The molecule has 528 valence electrons. The molecule has 17 nitrogen and oxygen atoms in total. The van der Waals surface area contributed by atoms with E-state index < -0.39 is 97.5 Å². The number of unbranched alkanes of at least 4 members (excludes halogenated alkanes) is 33. The molecule has 89 heavy (non-hydrogen) atoms. The first-order valence-electron chi connectivity index (χ1n) is 36.2. The van der Waals surface area contributed by atoms with Crippen LogP contribution in [-0.4, -0.2) is 96.7 Å². The number of esters is 4. The van der Waals surface area contributed by atoms with Gasteiger partial charge < -0.3 is 33.8 Å². The van der Waals surface area contributed by atoms with E-state index in [0.717, 1.165) is 108 Å². The van der Waals surface area contributed by atoms with E-state index in [9.17, 15) is 43.2 Å². The normalized spacial score (nSPS) is 14.3. The third kappa shape index (κ3) is 64.6. The van der Waals surface area contributed by atoms with Crippen LogP contribution >= 0.6 is 15.6 Å². The van der Waals surface area contributed by atoms with Crippen molar-refractivity contribution in [3.8, 4) is 0 Å². The van der Waals surface area contributed by atoms with Crippen LogP contribution in [0.2, 0.25) is 0 Å². The summed E-state index contributed by atoms with van der Waals surface area (Å²) in [5.41, 5.74) is 0. The highest BCUT2D eigenvalue weighted by Crippen LogP contribution is 2.45. The number of rotatable bonds is 67. The molecular formula is C70H136O17P2. The van der Waals surface area contributed by atoms with Gasteiger partial charge in [-0.3, -0.25) is 37.3 Å². The summed E-state index contributed by atoms with van der Waals surface area (Å²) < 4.78 is 68.2. The van der Waals surface area contributed by atoms with Crippen molar-refractivity contribution in [2.45, 2.75) is 363 Å². The Bertz CT molecular complexity index is 1760. The molecule has 0 saturated carbocycles. The molecule has 0 bridgehead atoms. The summed E-state index contributed by atoms with van der Waals surface area (Å²) in [5.74, 6) is 0.799. The quantitative estimate of drug-likeness (QED) is 0.0222. The summed E-state index contributed by atoms with van der Waals surface area (Å²) in [6, 6.07) is 0. The first kappa shape index (κ1) is 87.1. The summed E-state index contributed by atoms with van der Waals surface area (Å²) in [5, 5.41) is 10.6. The van der Waals surface area contributed by atoms with Crippen LogP contribution in [-0.2, 0) is 65.4 Å². The smallest absolute Gasteiger partial charge is 0.462 e. The molecule has 5 atom stereocenters. The Hall–Kier alpha value is -1.94. The fourth-order valence-corrected chi connectivity index (χ4v) is 12.1. The Morgan fingerprint density at radius 3 is 0.697 bits per heavy atom. The predicted molar refractivity (Wildman–Crippen MR) is 358 cm³/mol. The van der Waals surface area contributed by atoms with Gasteiger partial charge in [-0.1, -0.05) is 293 Å². The average molecular weight is 1310 g/mol. The number of carbonyl (C=O) groups is 4. The minimum absolute atomic E-state index is 0.102. The van der Waals surface area contributed by atoms with E-state index in [2.05, 4.69) is 55.4 Å². The van der Waals surface area contributed by atoms with Crippen LogP contribution in [0, 0.1) is 23.7 Å². The maximum absolute atomic E-state index is 13.0. The standard InChI is InChI=1S/C70H136O17P2/c1-60(2)46-38-30-22-17-13-10-9-11-15-19-25-34-42-50-67(72)80-56-65(86-69(74)52-44-36-26-20-16-12-14-18-23-31-39-47-61(3)4)58-84-88(76,77)82-54-64(71)55-83-89(78,79)85-59-66(57-81-68(73)51-43-35-29-28-33-41-49-63(7)8)87-70(75)53-45-37-27-21-24-32-40-48-62(5)6/h60-66,71H,9-59H2,1-8H3,(H,76,77)(H,78,79)/t64-,65-,66-/m1/s1. The molecule has 0 heterocycles. The highest BCUT2D eigenvalue weighted by Gasteiger charge is 2.30. The molecule has 3 N–H and O–H groups in total. The summed E-state index contributed by atoms with van der Waals surface area (Å²) >= 11 is 0. The van der Waals surface area contributed by atoms with Crippen molar-refractivity contribution in [3.63, 3.8) is 0 Å². The van der Waals surface area contributed by atoms with Gasteiger partial charge >= 0.3 is 39.5 Å². The van der Waals surface area contributed by atoms with Gasteiger partial charge in [-0.2, -0.15) is 0 Å². The fraction of sp³-hybridized carbons (Fsp3) is 0.943. The van der Waals surface area contributed by atoms with Gasteiger partial charge in [0.05, 0.1) is 26.4 Å². The Morgan fingerprint density at radius 1 is 0.281 bits per heavy atom. The molecule has 0 aliphatic rings. The van der Waals surface area contributed by atoms with Crippen molar-refractivity contribution in [1.29, 1.82) is 0 Å². The molecule has 0 aromatic carbocycles. The zero-order chi connectivity index (χ0) is 66.1. The number of hydrogen-bond donors (Lipinski definition) is 3. The van der Waals surface area contributed by atoms with E-state index in [1.165, 1.54) is 141 Å². The monoisotopic (exact) mass is 1310 g/mol. The van der Waals surface area contributed by atoms with Gasteiger partial charge in [0.25, 0.3) is 0 Å². The number of phosphoric acid groups is 2. The van der Waals surface area contributed by atoms with Gasteiger partial charge in [0.15, 0.2) is 12.2 Å². The van der Waals surface area contributed by atoms with Crippen LogP contribution in [0.5, 0.6) is 0 Å². The molecule has 0 rings (SSSR count). The molecular weight excluding hydrogens is 1170 g/mol. The fourth-order valence-electron chi connectivity index (χ4n) is 10.5. The van der Waals surface area contributed by atoms with Gasteiger partial charge in [0.1, 0.15) is 19.3 Å². The molecule has 0 aromatic heterocycles. The molecule has 19 heteroatoms. The zero-order valence-electron chi connectivity index (χ0n) is 58.1. The first-order valence-corrected chi connectivity index (χ1v) is 39.2. The van der Waals surface area contributed by atoms with E-state index in [0.29, 0.717) is 37.5 Å². The minimum Gasteiger partial charge on any atom is -0.462 e. The van der Waals surface area contributed by atoms with Crippen LogP contribution in [0.3, 0.4) is 0 Å². The van der Waals surface area contributed by atoms with Gasteiger partial charge in [-0.15, -0.1) is 0 Å². The summed E-state index contributed by atoms with van der Waals surface area (Å²) in [6.07, 6.45) is 41.9. The number of aliphatic hydroxyl groups is 1. The SMILES string of the molecule is CC(C)CCCCCCCCCCCCCCCC(=O)OC[C@H](COP(=O)(O)OC[C@@H](O)COP(=O)(O)OC[C@@H](COC(=O)CCCCCCCCC(C)C)OC(=O)CCCCCCCCCC(C)C)OC(=O)CCCCCCCCCCCCCC(C)C. The summed E-state index contributed by atoms with van der Waals surface area (Å²) in [4.78, 5) is 72.5. The molecule has 0 radical (unpaired) electrons. The van der Waals surface area contributed by atoms with Crippen molar-refractivity contribution in [3.05, 3.63) is 0 Å². The highest BCUT2D eigenvalue weighted by atomic mass is 31.2. The van der Waals surface area contributed by atoms with Gasteiger partial charge in [-0.25, -0.2) is 9.13 Å². The number of aliphatic hydroxyl groups excluding tert-OH is 1. The Labute approximate surface area is 543 Å². The van der Waals surface area contributed by atoms with Crippen LogP contribution in [0.4, 0.5) is 0 Å². The van der Waals surface area contributed by atoms with E-state index >= 15 is 0 Å². The second-order valence-corrected chi connectivity index (χ2v) is 30.1. The predicted octanol–water partition coefficient (Wildman–Crippen LogP) is 19.7. The molecule has 0 aliphatic carbocycles. The highest BCUT2D eigenvalue weighted by molar-refractivity contribution is 7.47. The van der Waals surface area contributed by atoms with Gasteiger partial charge in [0, 0.05) is 25.7 Å². The Morgan fingerprint density at radius 2 is 0.472 bits per heavy atom. The molecule has 0 spiro atoms. The van der Waals surface area contributed by atoms with Crippen molar-refractivity contribution in [2.75, 3.05) is 39.6 Å². The molecule has 0 fully saturated rings. The Balaban J connectivity index is 5.23. The zero-order valence-corrected chi connectivity index (χ0v) is 59.8. The molecule has 0 aromatic rings. The maximum atomic E-state index is 13.0. The maximum Gasteiger partial charge on any atom is 0.472 e. The molecule has 2 unspecified atom stereocenters. The van der Waals surface area contributed by atoms with Crippen LogP contribution in [0.25, 0.3) is 0 Å². The van der Waals surface area contributed by atoms with E-state index in [1.807, 2.05) is 0 Å². The minimum atomic E-state index is -4.95. The molecule has 0 saturated heterocycles. The Kier molecular flexibility index (Phi) is 58.5. The third-order valence-corrected chi connectivity index (χ3v) is 18.0. The lowest BCUT2D eigenvalue weighted by Gasteiger charge is -2.21. The number of ether oxygens (including phenoxy) is 4. The first-order chi connectivity index (χ1) is 42.6. The van der Waals surface area contributed by atoms with Gasteiger partial charge in [-0.05, 0) is 49.4 Å². The van der Waals surface area contributed by atoms with Crippen molar-refractivity contribution >= 4 is 39.5 Å². The average Bonchev–Trinajstić information content (AvgIpc) is 3.58. The van der Waals surface area contributed by atoms with Crippen LogP contribution in [0.1, 0.15) is 344 Å².